The number of benzene rings is 2. The second kappa shape index (κ2) is 12.6. The Hall–Kier alpha value is -2.54. The zero-order chi connectivity index (χ0) is 25.5. The van der Waals surface area contributed by atoms with Gasteiger partial charge in [-0.05, 0) is 61.6 Å². The minimum absolute atomic E-state index is 0.0153. The number of halogens is 2. The van der Waals surface area contributed by atoms with Crippen molar-refractivity contribution in [1.29, 1.82) is 0 Å². The third-order valence-corrected chi connectivity index (χ3v) is 7.08. The summed E-state index contributed by atoms with van der Waals surface area (Å²) in [5, 5.41) is 0.598. The maximum absolute atomic E-state index is 13.5. The number of carbonyl (C=O) groups excluding carboxylic acids is 2. The number of hydrogen-bond acceptors (Lipinski definition) is 5. The van der Waals surface area contributed by atoms with Crippen molar-refractivity contribution < 1.29 is 23.8 Å². The Kier molecular flexibility index (Phi) is 9.30. The van der Waals surface area contributed by atoms with Crippen molar-refractivity contribution in [2.75, 3.05) is 25.6 Å². The van der Waals surface area contributed by atoms with Gasteiger partial charge >= 0.3 is 5.97 Å². The topological polar surface area (TPSA) is 65.1 Å². The molecule has 0 aliphatic carbocycles. The van der Waals surface area contributed by atoms with E-state index in [2.05, 4.69) is 0 Å². The first-order valence-electron chi connectivity index (χ1n) is 12.3. The quantitative estimate of drug-likeness (QED) is 0.218. The van der Waals surface area contributed by atoms with Crippen molar-refractivity contribution in [3.8, 4) is 5.75 Å². The van der Waals surface area contributed by atoms with Gasteiger partial charge in [-0.2, -0.15) is 0 Å². The van der Waals surface area contributed by atoms with Crippen molar-refractivity contribution in [3.05, 3.63) is 76.0 Å². The molecule has 0 spiro atoms. The summed E-state index contributed by atoms with van der Waals surface area (Å²) < 4.78 is 17.1. The lowest BCUT2D eigenvalue weighted by Crippen LogP contribution is -2.42. The number of esters is 1. The zero-order valence-corrected chi connectivity index (χ0v) is 21.9. The summed E-state index contributed by atoms with van der Waals surface area (Å²) in [6.07, 6.45) is 2.83. The molecule has 0 aromatic heterocycles. The molecule has 2 aromatic rings. The monoisotopic (exact) mass is 531 g/mol. The Bertz CT molecular complexity index is 1080. The first-order valence-corrected chi connectivity index (χ1v) is 13.2. The van der Waals surface area contributed by atoms with Crippen LogP contribution in [0, 0.1) is 0 Å². The Labute approximate surface area is 222 Å². The first-order chi connectivity index (χ1) is 17.5. The number of alkyl halides is 1. The molecule has 6 nitrogen and oxygen atoms in total. The van der Waals surface area contributed by atoms with E-state index in [0.29, 0.717) is 41.9 Å². The summed E-state index contributed by atoms with van der Waals surface area (Å²) in [6.45, 7) is 3.63. The SMILES string of the molecule is CC1=C(C(=O)OCc2ccc(OCCCCl)cc2)C(c2ccc(Cl)cc2)CC(=O)N1CC1CCCO1. The van der Waals surface area contributed by atoms with Gasteiger partial charge in [0.05, 0.1) is 24.8 Å². The molecule has 2 aliphatic rings. The van der Waals surface area contributed by atoms with Crippen LogP contribution in [0.5, 0.6) is 5.75 Å². The van der Waals surface area contributed by atoms with Crippen LogP contribution in [0.4, 0.5) is 0 Å². The van der Waals surface area contributed by atoms with E-state index in [1.54, 1.807) is 17.0 Å². The number of carbonyl (C=O) groups is 2. The average Bonchev–Trinajstić information content (AvgIpc) is 3.39. The maximum Gasteiger partial charge on any atom is 0.336 e. The van der Waals surface area contributed by atoms with E-state index in [1.165, 1.54) is 0 Å². The van der Waals surface area contributed by atoms with Crippen LogP contribution in [0.2, 0.25) is 5.02 Å². The Morgan fingerprint density at radius 1 is 1.14 bits per heavy atom. The highest BCUT2D eigenvalue weighted by Crippen LogP contribution is 2.38. The van der Waals surface area contributed by atoms with Gasteiger partial charge in [-0.3, -0.25) is 4.79 Å². The fraction of sp³-hybridized carbons (Fsp3) is 0.429. The van der Waals surface area contributed by atoms with Gasteiger partial charge in [0, 0.05) is 35.5 Å². The Morgan fingerprint density at radius 3 is 2.56 bits per heavy atom. The van der Waals surface area contributed by atoms with Gasteiger partial charge in [-0.15, -0.1) is 11.6 Å². The summed E-state index contributed by atoms with van der Waals surface area (Å²) >= 11 is 11.8. The molecule has 0 N–H and O–H groups in total. The second-order valence-electron chi connectivity index (χ2n) is 9.06. The molecule has 2 aromatic carbocycles. The second-order valence-corrected chi connectivity index (χ2v) is 9.87. The molecule has 2 atom stereocenters. The molecule has 2 heterocycles. The first kappa shape index (κ1) is 26.5. The Balaban J connectivity index is 1.52. The molecule has 8 heteroatoms. The fourth-order valence-corrected chi connectivity index (χ4v) is 4.86. The van der Waals surface area contributed by atoms with Gasteiger partial charge in [0.2, 0.25) is 5.91 Å². The summed E-state index contributed by atoms with van der Waals surface area (Å²) in [4.78, 5) is 28.3. The van der Waals surface area contributed by atoms with Gasteiger partial charge in [0.25, 0.3) is 0 Å². The normalized spacial score (nSPS) is 20.1. The zero-order valence-electron chi connectivity index (χ0n) is 20.4. The van der Waals surface area contributed by atoms with Crippen LogP contribution < -0.4 is 4.74 Å². The summed E-state index contributed by atoms with van der Waals surface area (Å²) in [7, 11) is 0. The largest absolute Gasteiger partial charge is 0.494 e. The van der Waals surface area contributed by atoms with Gasteiger partial charge in [0.1, 0.15) is 12.4 Å². The third kappa shape index (κ3) is 6.61. The fourth-order valence-electron chi connectivity index (χ4n) is 4.62. The van der Waals surface area contributed by atoms with E-state index in [0.717, 1.165) is 36.1 Å². The molecule has 0 bridgehead atoms. The summed E-state index contributed by atoms with van der Waals surface area (Å²) in [6, 6.07) is 14.7. The summed E-state index contributed by atoms with van der Waals surface area (Å²) in [5.74, 6) is 0.439. The van der Waals surface area contributed by atoms with Crippen LogP contribution in [-0.4, -0.2) is 48.5 Å². The highest BCUT2D eigenvalue weighted by atomic mass is 35.5. The molecule has 2 unspecified atom stereocenters. The lowest BCUT2D eigenvalue weighted by molar-refractivity contribution is -0.141. The van der Waals surface area contributed by atoms with Crippen LogP contribution in [0.3, 0.4) is 0 Å². The van der Waals surface area contributed by atoms with Crippen LogP contribution >= 0.6 is 23.2 Å². The highest BCUT2D eigenvalue weighted by molar-refractivity contribution is 6.30. The van der Waals surface area contributed by atoms with Crippen LogP contribution in [0.1, 0.15) is 49.7 Å². The number of amides is 1. The summed E-state index contributed by atoms with van der Waals surface area (Å²) in [5.41, 5.74) is 2.82. The molecular formula is C28H31Cl2NO5. The molecule has 4 rings (SSSR count). The molecule has 192 valence electrons. The number of ether oxygens (including phenoxy) is 3. The van der Waals surface area contributed by atoms with Gasteiger partial charge in [-0.25, -0.2) is 4.79 Å². The molecule has 0 saturated carbocycles. The van der Waals surface area contributed by atoms with E-state index in [9.17, 15) is 9.59 Å². The van der Waals surface area contributed by atoms with Crippen molar-refractivity contribution in [2.45, 2.75) is 51.2 Å². The lowest BCUT2D eigenvalue weighted by atomic mass is 9.83. The van der Waals surface area contributed by atoms with Gasteiger partial charge in [0.15, 0.2) is 0 Å². The van der Waals surface area contributed by atoms with E-state index >= 15 is 0 Å². The van der Waals surface area contributed by atoms with Crippen molar-refractivity contribution in [3.63, 3.8) is 0 Å². The molecule has 1 amide bonds. The maximum atomic E-state index is 13.5. The molecule has 2 aliphatic heterocycles. The van der Waals surface area contributed by atoms with Crippen molar-refractivity contribution >= 4 is 35.1 Å². The van der Waals surface area contributed by atoms with E-state index in [-0.39, 0.29) is 25.0 Å². The predicted octanol–water partition coefficient (Wildman–Crippen LogP) is 5.86. The molecule has 1 fully saturated rings. The standard InChI is InChI=1S/C28H31Cl2NO5/c1-19-27(28(33)36-18-20-5-11-23(12-6-20)34-15-3-13-29)25(21-7-9-22(30)10-8-21)16-26(32)31(19)17-24-4-2-14-35-24/h5-12,24-25H,2-4,13-18H2,1H3. The van der Waals surface area contributed by atoms with Crippen LogP contribution in [0.15, 0.2) is 59.8 Å². The van der Waals surface area contributed by atoms with Crippen molar-refractivity contribution in [1.82, 2.24) is 4.90 Å². The lowest BCUT2D eigenvalue weighted by Gasteiger charge is -2.35. The Morgan fingerprint density at radius 2 is 1.89 bits per heavy atom. The number of allylic oxidation sites excluding steroid dienone is 1. The minimum atomic E-state index is -0.431. The van der Waals surface area contributed by atoms with Crippen LogP contribution in [0.25, 0.3) is 0 Å². The van der Waals surface area contributed by atoms with E-state index in [4.69, 9.17) is 37.4 Å². The number of rotatable bonds is 10. The van der Waals surface area contributed by atoms with Crippen LogP contribution in [-0.2, 0) is 25.7 Å². The third-order valence-electron chi connectivity index (χ3n) is 6.57. The van der Waals surface area contributed by atoms with E-state index < -0.39 is 11.9 Å². The minimum Gasteiger partial charge on any atom is -0.494 e. The molecule has 36 heavy (non-hydrogen) atoms. The molecule has 0 radical (unpaired) electrons. The number of nitrogens with zero attached hydrogens (tertiary/aromatic N) is 1. The smallest absolute Gasteiger partial charge is 0.336 e. The highest BCUT2D eigenvalue weighted by Gasteiger charge is 2.38. The molecule has 1 saturated heterocycles. The van der Waals surface area contributed by atoms with Gasteiger partial charge < -0.3 is 19.1 Å². The molecular weight excluding hydrogens is 501 g/mol. The number of hydrogen-bond donors (Lipinski definition) is 0. The predicted molar refractivity (Wildman–Crippen MR) is 139 cm³/mol. The average molecular weight is 532 g/mol. The van der Waals surface area contributed by atoms with Gasteiger partial charge in [-0.1, -0.05) is 35.9 Å². The van der Waals surface area contributed by atoms with Crippen molar-refractivity contribution in [2.24, 2.45) is 0 Å². The van der Waals surface area contributed by atoms with E-state index in [1.807, 2.05) is 43.3 Å².